The largest absolute Gasteiger partial charge is 0.356 e. The molecule has 0 aromatic rings. The second kappa shape index (κ2) is 5.16. The van der Waals surface area contributed by atoms with Gasteiger partial charge in [-0.15, -0.1) is 0 Å². The molecule has 6 heteroatoms. The lowest BCUT2D eigenvalue weighted by molar-refractivity contribution is -0.125. The molecular weight excluding hydrogens is 222 g/mol. The van der Waals surface area contributed by atoms with E-state index in [2.05, 4.69) is 16.0 Å². The predicted molar refractivity (Wildman–Crippen MR) is 60.0 cm³/mol. The molecule has 4 amide bonds. The maximum Gasteiger partial charge on any atom is 0.322 e. The Hall–Kier alpha value is -1.59. The lowest BCUT2D eigenvalue weighted by Crippen LogP contribution is -2.36. The van der Waals surface area contributed by atoms with Crippen molar-refractivity contribution in [1.82, 2.24) is 16.0 Å². The molecule has 94 valence electrons. The van der Waals surface area contributed by atoms with Crippen LogP contribution in [0.5, 0.6) is 0 Å². The fourth-order valence-electron chi connectivity index (χ4n) is 2.33. The number of hydrogen-bond donors (Lipinski definition) is 3. The number of imide groups is 1. The average Bonchev–Trinajstić information content (AvgIpc) is 2.89. The van der Waals surface area contributed by atoms with Crippen molar-refractivity contribution in [3.63, 3.8) is 0 Å². The summed E-state index contributed by atoms with van der Waals surface area (Å²) in [5.41, 5.74) is 0. The summed E-state index contributed by atoms with van der Waals surface area (Å²) in [6, 6.07) is -0.964. The first kappa shape index (κ1) is 11.9. The first-order valence-corrected chi connectivity index (χ1v) is 6.06. The summed E-state index contributed by atoms with van der Waals surface area (Å²) in [6.45, 7) is 0.424. The summed E-state index contributed by atoms with van der Waals surface area (Å²) in [5, 5.41) is 7.47. The summed E-state index contributed by atoms with van der Waals surface area (Å²) in [7, 11) is 0. The van der Waals surface area contributed by atoms with Gasteiger partial charge in [-0.25, -0.2) is 4.79 Å². The lowest BCUT2D eigenvalue weighted by Gasteiger charge is -2.11. The van der Waals surface area contributed by atoms with Crippen LogP contribution < -0.4 is 16.0 Å². The van der Waals surface area contributed by atoms with Gasteiger partial charge in [-0.05, 0) is 19.3 Å². The Balaban J connectivity index is 1.67. The Bertz CT molecular complexity index is 337. The number of carbonyl (C=O) groups is 3. The van der Waals surface area contributed by atoms with E-state index >= 15 is 0 Å². The third-order valence-electron chi connectivity index (χ3n) is 3.32. The Labute approximate surface area is 99.5 Å². The fraction of sp³-hybridized carbons (Fsp3) is 0.727. The molecule has 2 rings (SSSR count). The molecule has 17 heavy (non-hydrogen) atoms. The van der Waals surface area contributed by atoms with Gasteiger partial charge >= 0.3 is 6.03 Å². The van der Waals surface area contributed by atoms with E-state index in [1.165, 1.54) is 0 Å². The highest BCUT2D eigenvalue weighted by Crippen LogP contribution is 2.24. The van der Waals surface area contributed by atoms with Crippen molar-refractivity contribution in [1.29, 1.82) is 0 Å². The standard InChI is InChI=1S/C11H17N3O3/c15-9(7-3-1-2-4-7)12-6-5-8-10(16)14-11(17)13-8/h7-8H,1-6H2,(H,12,15)(H2,13,14,16,17). The van der Waals surface area contributed by atoms with Gasteiger partial charge in [0.05, 0.1) is 0 Å². The van der Waals surface area contributed by atoms with Gasteiger partial charge in [0, 0.05) is 12.5 Å². The van der Waals surface area contributed by atoms with Crippen molar-refractivity contribution in [3.8, 4) is 0 Å². The molecule has 1 aliphatic heterocycles. The smallest absolute Gasteiger partial charge is 0.322 e. The van der Waals surface area contributed by atoms with Gasteiger partial charge in [0.25, 0.3) is 5.91 Å². The van der Waals surface area contributed by atoms with Crippen LogP contribution >= 0.6 is 0 Å². The van der Waals surface area contributed by atoms with E-state index in [9.17, 15) is 14.4 Å². The van der Waals surface area contributed by atoms with Gasteiger partial charge in [-0.1, -0.05) is 12.8 Å². The highest BCUT2D eigenvalue weighted by atomic mass is 16.2. The third-order valence-corrected chi connectivity index (χ3v) is 3.32. The van der Waals surface area contributed by atoms with E-state index in [0.29, 0.717) is 13.0 Å². The van der Waals surface area contributed by atoms with Crippen LogP contribution in [0, 0.1) is 5.92 Å². The minimum Gasteiger partial charge on any atom is -0.356 e. The second-order valence-electron chi connectivity index (χ2n) is 4.58. The Morgan fingerprint density at radius 1 is 1.29 bits per heavy atom. The zero-order valence-corrected chi connectivity index (χ0v) is 9.62. The zero-order chi connectivity index (χ0) is 12.3. The molecule has 1 aliphatic carbocycles. The number of nitrogens with one attached hydrogen (secondary N) is 3. The highest BCUT2D eigenvalue weighted by molar-refractivity contribution is 6.04. The fourth-order valence-corrected chi connectivity index (χ4v) is 2.33. The summed E-state index contributed by atoms with van der Waals surface area (Å²) in [5.74, 6) is -0.0978. The van der Waals surface area contributed by atoms with Crippen LogP contribution in [0.4, 0.5) is 4.79 Å². The van der Waals surface area contributed by atoms with E-state index in [0.717, 1.165) is 25.7 Å². The van der Waals surface area contributed by atoms with Gasteiger partial charge in [-0.3, -0.25) is 14.9 Å². The number of urea groups is 1. The highest BCUT2D eigenvalue weighted by Gasteiger charge is 2.29. The van der Waals surface area contributed by atoms with Gasteiger partial charge < -0.3 is 10.6 Å². The van der Waals surface area contributed by atoms with Gasteiger partial charge in [0.15, 0.2) is 0 Å². The van der Waals surface area contributed by atoms with E-state index in [1.54, 1.807) is 0 Å². The van der Waals surface area contributed by atoms with Crippen LogP contribution in [-0.2, 0) is 9.59 Å². The zero-order valence-electron chi connectivity index (χ0n) is 9.62. The maximum absolute atomic E-state index is 11.7. The SMILES string of the molecule is O=C1NC(=O)C(CCNC(=O)C2CCCC2)N1. The van der Waals surface area contributed by atoms with Gasteiger partial charge in [0.1, 0.15) is 6.04 Å². The Morgan fingerprint density at radius 2 is 2.00 bits per heavy atom. The minimum atomic E-state index is -0.508. The van der Waals surface area contributed by atoms with Crippen LogP contribution in [0.1, 0.15) is 32.1 Å². The predicted octanol–water partition coefficient (Wildman–Crippen LogP) is -0.109. The normalized spacial score (nSPS) is 24.6. The Kier molecular flexibility index (Phi) is 3.61. The van der Waals surface area contributed by atoms with E-state index < -0.39 is 12.1 Å². The molecule has 0 aromatic carbocycles. The van der Waals surface area contributed by atoms with Crippen molar-refractivity contribution >= 4 is 17.8 Å². The van der Waals surface area contributed by atoms with Crippen LogP contribution in [0.2, 0.25) is 0 Å². The molecule has 1 unspecified atom stereocenters. The number of amides is 4. The number of rotatable bonds is 4. The molecule has 6 nitrogen and oxygen atoms in total. The molecule has 1 saturated heterocycles. The first-order valence-electron chi connectivity index (χ1n) is 6.06. The average molecular weight is 239 g/mol. The topological polar surface area (TPSA) is 87.3 Å². The Morgan fingerprint density at radius 3 is 2.59 bits per heavy atom. The summed E-state index contributed by atoms with van der Waals surface area (Å²) in [6.07, 6.45) is 4.62. The van der Waals surface area contributed by atoms with Crippen molar-refractivity contribution in [2.24, 2.45) is 5.92 Å². The van der Waals surface area contributed by atoms with E-state index in [1.807, 2.05) is 0 Å². The molecule has 1 heterocycles. The molecule has 1 atom stereocenters. The molecule has 2 aliphatic rings. The van der Waals surface area contributed by atoms with Crippen molar-refractivity contribution < 1.29 is 14.4 Å². The van der Waals surface area contributed by atoms with Crippen LogP contribution in [0.15, 0.2) is 0 Å². The van der Waals surface area contributed by atoms with E-state index in [-0.39, 0.29) is 17.7 Å². The number of hydrogen-bond acceptors (Lipinski definition) is 3. The third kappa shape index (κ3) is 2.95. The van der Waals surface area contributed by atoms with Gasteiger partial charge in [-0.2, -0.15) is 0 Å². The van der Waals surface area contributed by atoms with E-state index in [4.69, 9.17) is 0 Å². The molecule has 1 saturated carbocycles. The quantitative estimate of drug-likeness (QED) is 0.598. The molecule has 0 spiro atoms. The molecule has 3 N–H and O–H groups in total. The first-order chi connectivity index (χ1) is 8.16. The molecule has 0 bridgehead atoms. The monoisotopic (exact) mass is 239 g/mol. The molecule has 0 radical (unpaired) electrons. The van der Waals surface area contributed by atoms with Crippen molar-refractivity contribution in [2.45, 2.75) is 38.1 Å². The summed E-state index contributed by atoms with van der Waals surface area (Å²) >= 11 is 0. The van der Waals surface area contributed by atoms with Crippen LogP contribution in [0.25, 0.3) is 0 Å². The maximum atomic E-state index is 11.7. The van der Waals surface area contributed by atoms with Crippen molar-refractivity contribution in [2.75, 3.05) is 6.54 Å². The summed E-state index contributed by atoms with van der Waals surface area (Å²) < 4.78 is 0. The van der Waals surface area contributed by atoms with Crippen LogP contribution in [-0.4, -0.2) is 30.4 Å². The molecule has 2 fully saturated rings. The van der Waals surface area contributed by atoms with Gasteiger partial charge in [0.2, 0.25) is 5.91 Å². The molecule has 0 aromatic heterocycles. The van der Waals surface area contributed by atoms with Crippen LogP contribution in [0.3, 0.4) is 0 Å². The molecular formula is C11H17N3O3. The second-order valence-corrected chi connectivity index (χ2v) is 4.58. The number of carbonyl (C=O) groups excluding carboxylic acids is 3. The minimum absolute atomic E-state index is 0.0761. The lowest BCUT2D eigenvalue weighted by atomic mass is 10.1. The summed E-state index contributed by atoms with van der Waals surface area (Å²) in [4.78, 5) is 33.7. The van der Waals surface area contributed by atoms with Crippen molar-refractivity contribution in [3.05, 3.63) is 0 Å².